The van der Waals surface area contributed by atoms with Gasteiger partial charge in [0.2, 0.25) is 0 Å². The molecule has 94 valence electrons. The average Bonchev–Trinajstić information content (AvgIpc) is 2.37. The summed E-state index contributed by atoms with van der Waals surface area (Å²) >= 11 is 7.43. The fourth-order valence-corrected chi connectivity index (χ4v) is 2.44. The maximum absolute atomic E-state index is 9.62. The summed E-state index contributed by atoms with van der Waals surface area (Å²) in [4.78, 5) is 2.10. The minimum absolute atomic E-state index is 0.164. The highest BCUT2D eigenvalue weighted by Crippen LogP contribution is 2.35. The van der Waals surface area contributed by atoms with Crippen LogP contribution in [0.15, 0.2) is 52.3 Å². The first-order chi connectivity index (χ1) is 8.69. The molecule has 0 fully saturated rings. The van der Waals surface area contributed by atoms with E-state index in [1.165, 1.54) is 0 Å². The van der Waals surface area contributed by atoms with Crippen molar-refractivity contribution in [2.75, 3.05) is 6.61 Å². The Kier molecular flexibility index (Phi) is 4.39. The first-order valence-electron chi connectivity index (χ1n) is 5.58. The van der Waals surface area contributed by atoms with E-state index >= 15 is 0 Å². The summed E-state index contributed by atoms with van der Waals surface area (Å²) in [6, 6.07) is 13.0. The van der Waals surface area contributed by atoms with Crippen molar-refractivity contribution in [2.24, 2.45) is 0 Å². The van der Waals surface area contributed by atoms with Crippen molar-refractivity contribution in [3.05, 3.63) is 47.5 Å². The van der Waals surface area contributed by atoms with Crippen molar-refractivity contribution >= 4 is 23.4 Å². The van der Waals surface area contributed by atoms with Gasteiger partial charge in [0.1, 0.15) is 0 Å². The number of ether oxygens (including phenoxy) is 1. The van der Waals surface area contributed by atoms with Crippen LogP contribution in [0, 0.1) is 0 Å². The van der Waals surface area contributed by atoms with Crippen molar-refractivity contribution in [1.82, 2.24) is 0 Å². The third kappa shape index (κ3) is 3.34. The molecule has 2 nitrogen and oxygen atoms in total. The Morgan fingerprint density at radius 2 is 1.78 bits per heavy atom. The Hall–Kier alpha value is -1.32. The van der Waals surface area contributed by atoms with Gasteiger partial charge in [-0.25, -0.2) is 0 Å². The minimum atomic E-state index is 0.164. The van der Waals surface area contributed by atoms with Crippen LogP contribution in [0.4, 0.5) is 0 Å². The standard InChI is InChI=1S/C14H13ClO2S/c1-2-17-14-9-12(7-8-13(14)16)18-11-5-3-10(15)4-6-11/h3-9,16H,2H2,1H3. The summed E-state index contributed by atoms with van der Waals surface area (Å²) in [5, 5.41) is 10.3. The van der Waals surface area contributed by atoms with Gasteiger partial charge in [0.25, 0.3) is 0 Å². The molecule has 0 radical (unpaired) electrons. The number of phenols is 1. The molecule has 0 saturated carbocycles. The molecule has 2 rings (SSSR count). The van der Waals surface area contributed by atoms with Crippen molar-refractivity contribution in [3.8, 4) is 11.5 Å². The van der Waals surface area contributed by atoms with Crippen LogP contribution in [0.5, 0.6) is 11.5 Å². The van der Waals surface area contributed by atoms with Crippen LogP contribution in [0.1, 0.15) is 6.92 Å². The second kappa shape index (κ2) is 6.03. The van der Waals surface area contributed by atoms with Crippen LogP contribution >= 0.6 is 23.4 Å². The van der Waals surface area contributed by atoms with Gasteiger partial charge in [-0.2, -0.15) is 0 Å². The molecular formula is C14H13ClO2S. The first-order valence-corrected chi connectivity index (χ1v) is 6.77. The number of benzene rings is 2. The number of hydrogen-bond donors (Lipinski definition) is 1. The van der Waals surface area contributed by atoms with E-state index in [1.54, 1.807) is 17.8 Å². The summed E-state index contributed by atoms with van der Waals surface area (Å²) in [6.45, 7) is 2.42. The Morgan fingerprint density at radius 3 is 2.44 bits per heavy atom. The van der Waals surface area contributed by atoms with E-state index in [9.17, 15) is 5.11 Å². The van der Waals surface area contributed by atoms with Crippen LogP contribution in [-0.2, 0) is 0 Å². The average molecular weight is 281 g/mol. The maximum atomic E-state index is 9.62. The highest BCUT2D eigenvalue weighted by atomic mass is 35.5. The van der Waals surface area contributed by atoms with Gasteiger partial charge in [-0.1, -0.05) is 23.4 Å². The van der Waals surface area contributed by atoms with Crippen molar-refractivity contribution in [3.63, 3.8) is 0 Å². The second-order valence-electron chi connectivity index (χ2n) is 3.62. The largest absolute Gasteiger partial charge is 0.504 e. The van der Waals surface area contributed by atoms with Gasteiger partial charge in [0.05, 0.1) is 6.61 Å². The Morgan fingerprint density at radius 1 is 1.11 bits per heavy atom. The Labute approximate surface area is 116 Å². The highest BCUT2D eigenvalue weighted by molar-refractivity contribution is 7.99. The topological polar surface area (TPSA) is 29.5 Å². The molecule has 0 aliphatic carbocycles. The quantitative estimate of drug-likeness (QED) is 0.888. The molecule has 0 aliphatic heterocycles. The van der Waals surface area contributed by atoms with E-state index in [1.807, 2.05) is 43.3 Å². The highest BCUT2D eigenvalue weighted by Gasteiger charge is 2.04. The predicted molar refractivity (Wildman–Crippen MR) is 74.9 cm³/mol. The molecule has 1 N–H and O–H groups in total. The molecule has 2 aromatic rings. The zero-order chi connectivity index (χ0) is 13.0. The fraction of sp³-hybridized carbons (Fsp3) is 0.143. The molecule has 0 aliphatic rings. The molecule has 2 aromatic carbocycles. The van der Waals surface area contributed by atoms with Gasteiger partial charge in [-0.15, -0.1) is 0 Å². The maximum Gasteiger partial charge on any atom is 0.162 e. The van der Waals surface area contributed by atoms with Gasteiger partial charge in [0.15, 0.2) is 11.5 Å². The van der Waals surface area contributed by atoms with Crippen LogP contribution in [0.3, 0.4) is 0 Å². The van der Waals surface area contributed by atoms with E-state index in [2.05, 4.69) is 0 Å². The smallest absolute Gasteiger partial charge is 0.162 e. The number of hydrogen-bond acceptors (Lipinski definition) is 3. The van der Waals surface area contributed by atoms with Gasteiger partial charge in [0, 0.05) is 14.8 Å². The molecule has 0 unspecified atom stereocenters. The number of rotatable bonds is 4. The summed E-state index contributed by atoms with van der Waals surface area (Å²) < 4.78 is 5.35. The van der Waals surface area contributed by atoms with Gasteiger partial charge in [-0.05, 0) is 49.4 Å². The lowest BCUT2D eigenvalue weighted by atomic mass is 10.3. The SMILES string of the molecule is CCOc1cc(Sc2ccc(Cl)cc2)ccc1O. The molecule has 0 heterocycles. The summed E-state index contributed by atoms with van der Waals surface area (Å²) in [7, 11) is 0. The Bertz CT molecular complexity index is 526. The number of aromatic hydroxyl groups is 1. The molecule has 0 atom stereocenters. The van der Waals surface area contributed by atoms with E-state index in [4.69, 9.17) is 16.3 Å². The second-order valence-corrected chi connectivity index (χ2v) is 5.20. The lowest BCUT2D eigenvalue weighted by molar-refractivity contribution is 0.317. The van der Waals surface area contributed by atoms with Crippen LogP contribution in [0.2, 0.25) is 5.02 Å². The molecule has 0 aromatic heterocycles. The molecule has 4 heteroatoms. The Balaban J connectivity index is 2.18. The molecule has 0 spiro atoms. The lowest BCUT2D eigenvalue weighted by Gasteiger charge is -2.08. The summed E-state index contributed by atoms with van der Waals surface area (Å²) in [6.07, 6.45) is 0. The molecule has 0 saturated heterocycles. The molecule has 18 heavy (non-hydrogen) atoms. The monoisotopic (exact) mass is 280 g/mol. The van der Waals surface area contributed by atoms with Crippen LogP contribution in [-0.4, -0.2) is 11.7 Å². The minimum Gasteiger partial charge on any atom is -0.504 e. The van der Waals surface area contributed by atoms with Crippen molar-refractivity contribution in [1.29, 1.82) is 0 Å². The van der Waals surface area contributed by atoms with E-state index in [0.29, 0.717) is 12.4 Å². The van der Waals surface area contributed by atoms with Gasteiger partial charge >= 0.3 is 0 Å². The van der Waals surface area contributed by atoms with E-state index in [0.717, 1.165) is 14.8 Å². The van der Waals surface area contributed by atoms with Crippen molar-refractivity contribution < 1.29 is 9.84 Å². The van der Waals surface area contributed by atoms with Crippen molar-refractivity contribution in [2.45, 2.75) is 16.7 Å². The fourth-order valence-electron chi connectivity index (χ4n) is 1.47. The lowest BCUT2D eigenvalue weighted by Crippen LogP contribution is -1.91. The summed E-state index contributed by atoms with van der Waals surface area (Å²) in [5.74, 6) is 0.675. The van der Waals surface area contributed by atoms with Gasteiger partial charge in [-0.3, -0.25) is 0 Å². The van der Waals surface area contributed by atoms with Crippen LogP contribution in [0.25, 0.3) is 0 Å². The molecule has 0 bridgehead atoms. The number of phenolic OH excluding ortho intramolecular Hbond substituents is 1. The zero-order valence-corrected chi connectivity index (χ0v) is 11.5. The normalized spacial score (nSPS) is 10.3. The first kappa shape index (κ1) is 13.1. The summed E-state index contributed by atoms with van der Waals surface area (Å²) in [5.41, 5.74) is 0. The molecular weight excluding hydrogens is 268 g/mol. The zero-order valence-electron chi connectivity index (χ0n) is 9.89. The van der Waals surface area contributed by atoms with E-state index < -0.39 is 0 Å². The number of halogens is 1. The van der Waals surface area contributed by atoms with Crippen LogP contribution < -0.4 is 4.74 Å². The molecule has 0 amide bonds. The van der Waals surface area contributed by atoms with E-state index in [-0.39, 0.29) is 5.75 Å². The predicted octanol–water partition coefficient (Wildman–Crippen LogP) is 4.60. The van der Waals surface area contributed by atoms with Gasteiger partial charge < -0.3 is 9.84 Å². The third-order valence-corrected chi connectivity index (χ3v) is 3.53. The third-order valence-electron chi connectivity index (χ3n) is 2.28.